The molecule has 2 aromatic carbocycles. The number of carbonyl (C=O) groups is 1. The van der Waals surface area contributed by atoms with E-state index in [0.29, 0.717) is 17.1 Å². The first-order valence-corrected chi connectivity index (χ1v) is 10.6. The van der Waals surface area contributed by atoms with Gasteiger partial charge in [0.25, 0.3) is 0 Å². The largest absolute Gasteiger partial charge is 0.491 e. The molecule has 0 heterocycles. The number of sulfonamides is 1. The Hall–Kier alpha value is -2.54. The fourth-order valence-electron chi connectivity index (χ4n) is 2.51. The topological polar surface area (TPSA) is 75.7 Å². The first-order valence-electron chi connectivity index (χ1n) is 8.76. The van der Waals surface area contributed by atoms with Crippen molar-refractivity contribution < 1.29 is 17.9 Å². The molecule has 1 N–H and O–H groups in total. The highest BCUT2D eigenvalue weighted by atomic mass is 32.2. The lowest BCUT2D eigenvalue weighted by Gasteiger charge is -2.22. The molecule has 0 aliphatic rings. The van der Waals surface area contributed by atoms with Crippen LogP contribution < -0.4 is 14.4 Å². The van der Waals surface area contributed by atoms with Crippen LogP contribution in [-0.4, -0.2) is 33.2 Å². The second-order valence-corrected chi connectivity index (χ2v) is 8.57. The third-order valence-corrected chi connectivity index (χ3v) is 4.97. The van der Waals surface area contributed by atoms with Gasteiger partial charge in [-0.1, -0.05) is 17.7 Å². The van der Waals surface area contributed by atoms with Gasteiger partial charge in [0.1, 0.15) is 5.75 Å². The van der Waals surface area contributed by atoms with Gasteiger partial charge in [0.05, 0.1) is 18.0 Å². The minimum absolute atomic E-state index is 0.0346. The summed E-state index contributed by atoms with van der Waals surface area (Å²) in [7, 11) is -3.52. The Bertz CT molecular complexity index is 860. The van der Waals surface area contributed by atoms with Crippen molar-refractivity contribution in [2.45, 2.75) is 33.3 Å². The number of benzene rings is 2. The summed E-state index contributed by atoms with van der Waals surface area (Å²) in [6.07, 6.45) is 1.21. The maximum absolute atomic E-state index is 12.2. The molecule has 1 amide bonds. The average molecular weight is 391 g/mol. The lowest BCUT2D eigenvalue weighted by atomic mass is 10.2. The lowest BCUT2D eigenvalue weighted by molar-refractivity contribution is -0.116. The zero-order chi connectivity index (χ0) is 20.0. The van der Waals surface area contributed by atoms with Crippen LogP contribution in [0.3, 0.4) is 0 Å². The summed E-state index contributed by atoms with van der Waals surface area (Å²) in [5.41, 5.74) is 2.28. The van der Waals surface area contributed by atoms with Crippen molar-refractivity contribution in [1.82, 2.24) is 0 Å². The summed E-state index contributed by atoms with van der Waals surface area (Å²) in [4.78, 5) is 12.2. The van der Waals surface area contributed by atoms with Crippen LogP contribution in [0.15, 0.2) is 48.5 Å². The molecule has 0 fully saturated rings. The monoisotopic (exact) mass is 390 g/mol. The van der Waals surface area contributed by atoms with Gasteiger partial charge in [-0.05, 0) is 57.2 Å². The second kappa shape index (κ2) is 8.90. The summed E-state index contributed by atoms with van der Waals surface area (Å²) < 4.78 is 31.1. The molecular formula is C20H26N2O4S. The Kier molecular flexibility index (Phi) is 6.85. The Morgan fingerprint density at radius 3 is 2.19 bits per heavy atom. The van der Waals surface area contributed by atoms with Gasteiger partial charge in [0, 0.05) is 18.7 Å². The number of ether oxygens (including phenoxy) is 1. The molecule has 0 atom stereocenters. The zero-order valence-corrected chi connectivity index (χ0v) is 16.9. The van der Waals surface area contributed by atoms with E-state index < -0.39 is 10.0 Å². The van der Waals surface area contributed by atoms with E-state index >= 15 is 0 Å². The van der Waals surface area contributed by atoms with E-state index in [0.717, 1.165) is 11.8 Å². The summed E-state index contributed by atoms with van der Waals surface area (Å²) in [6, 6.07) is 14.2. The number of aryl methyl sites for hydroxylation is 1. The molecule has 146 valence electrons. The van der Waals surface area contributed by atoms with E-state index in [1.807, 2.05) is 45.0 Å². The molecule has 0 unspecified atom stereocenters. The van der Waals surface area contributed by atoms with Crippen molar-refractivity contribution in [1.29, 1.82) is 0 Å². The number of nitrogens with zero attached hydrogens (tertiary/aromatic N) is 1. The van der Waals surface area contributed by atoms with E-state index in [4.69, 9.17) is 4.74 Å². The Balaban J connectivity index is 2.04. The van der Waals surface area contributed by atoms with E-state index in [9.17, 15) is 13.2 Å². The SMILES string of the molecule is Cc1ccc(NC(=O)CCN(c2ccc(OC(C)C)cc2)S(C)(=O)=O)cc1. The quantitative estimate of drug-likeness (QED) is 0.748. The third kappa shape index (κ3) is 6.60. The Morgan fingerprint density at radius 1 is 1.07 bits per heavy atom. The number of amides is 1. The number of nitrogens with one attached hydrogen (secondary N) is 1. The van der Waals surface area contributed by atoms with E-state index in [1.165, 1.54) is 4.31 Å². The van der Waals surface area contributed by atoms with Gasteiger partial charge in [-0.25, -0.2) is 8.42 Å². The molecule has 0 aromatic heterocycles. The zero-order valence-electron chi connectivity index (χ0n) is 16.1. The highest BCUT2D eigenvalue weighted by Gasteiger charge is 2.19. The molecule has 0 aliphatic heterocycles. The van der Waals surface area contributed by atoms with Crippen LogP contribution in [-0.2, 0) is 14.8 Å². The molecule has 27 heavy (non-hydrogen) atoms. The van der Waals surface area contributed by atoms with Gasteiger partial charge in [0.15, 0.2) is 0 Å². The van der Waals surface area contributed by atoms with Gasteiger partial charge in [-0.15, -0.1) is 0 Å². The third-order valence-electron chi connectivity index (χ3n) is 3.77. The molecule has 0 bridgehead atoms. The molecular weight excluding hydrogens is 364 g/mol. The number of rotatable bonds is 8. The number of anilines is 2. The van der Waals surface area contributed by atoms with Crippen LogP contribution in [0.4, 0.5) is 11.4 Å². The van der Waals surface area contributed by atoms with Crippen LogP contribution in [0.5, 0.6) is 5.75 Å². The fourth-order valence-corrected chi connectivity index (χ4v) is 3.44. The number of hydrogen-bond acceptors (Lipinski definition) is 4. The standard InChI is InChI=1S/C20H26N2O4S/c1-15(2)26-19-11-9-18(10-12-19)22(27(4,24)25)14-13-20(23)21-17-7-5-16(3)6-8-17/h5-12,15H,13-14H2,1-4H3,(H,21,23). The lowest BCUT2D eigenvalue weighted by Crippen LogP contribution is -2.33. The molecule has 7 heteroatoms. The van der Waals surface area contributed by atoms with Crippen molar-refractivity contribution in [3.63, 3.8) is 0 Å². The second-order valence-electron chi connectivity index (χ2n) is 6.66. The summed E-state index contributed by atoms with van der Waals surface area (Å²) >= 11 is 0. The van der Waals surface area contributed by atoms with Gasteiger partial charge < -0.3 is 10.1 Å². The predicted octanol–water partition coefficient (Wildman–Crippen LogP) is 3.58. The predicted molar refractivity (Wildman–Crippen MR) is 109 cm³/mol. The van der Waals surface area contributed by atoms with Crippen molar-refractivity contribution in [2.24, 2.45) is 0 Å². The van der Waals surface area contributed by atoms with Crippen LogP contribution in [0.2, 0.25) is 0 Å². The molecule has 6 nitrogen and oxygen atoms in total. The van der Waals surface area contributed by atoms with Crippen LogP contribution in [0, 0.1) is 6.92 Å². The van der Waals surface area contributed by atoms with Gasteiger partial charge in [-0.3, -0.25) is 9.10 Å². The molecule has 0 spiro atoms. The van der Waals surface area contributed by atoms with E-state index in [2.05, 4.69) is 5.32 Å². The Labute approximate surface area is 161 Å². The molecule has 0 saturated carbocycles. The first kappa shape index (κ1) is 20.8. The Morgan fingerprint density at radius 2 is 1.67 bits per heavy atom. The summed E-state index contributed by atoms with van der Waals surface area (Å²) in [6.45, 7) is 5.86. The highest BCUT2D eigenvalue weighted by Crippen LogP contribution is 2.22. The normalized spacial score (nSPS) is 11.3. The fraction of sp³-hybridized carbons (Fsp3) is 0.350. The minimum Gasteiger partial charge on any atom is -0.491 e. The van der Waals surface area contributed by atoms with Crippen LogP contribution in [0.25, 0.3) is 0 Å². The summed E-state index contributed by atoms with van der Waals surface area (Å²) in [5.74, 6) is 0.423. The average Bonchev–Trinajstić information content (AvgIpc) is 2.57. The first-order chi connectivity index (χ1) is 12.6. The molecule has 0 radical (unpaired) electrons. The van der Waals surface area contributed by atoms with Crippen molar-refractivity contribution in [3.8, 4) is 5.75 Å². The van der Waals surface area contributed by atoms with Crippen LogP contribution in [0.1, 0.15) is 25.8 Å². The van der Waals surface area contributed by atoms with E-state index in [1.54, 1.807) is 24.3 Å². The molecule has 2 aromatic rings. The minimum atomic E-state index is -3.52. The maximum Gasteiger partial charge on any atom is 0.232 e. The maximum atomic E-state index is 12.2. The van der Waals surface area contributed by atoms with Gasteiger partial charge in [-0.2, -0.15) is 0 Å². The van der Waals surface area contributed by atoms with Gasteiger partial charge >= 0.3 is 0 Å². The molecule has 0 saturated heterocycles. The molecule has 2 rings (SSSR count). The number of hydrogen-bond donors (Lipinski definition) is 1. The smallest absolute Gasteiger partial charge is 0.232 e. The number of carbonyl (C=O) groups excluding carboxylic acids is 1. The summed E-state index contributed by atoms with van der Waals surface area (Å²) in [5, 5.41) is 2.78. The highest BCUT2D eigenvalue weighted by molar-refractivity contribution is 7.92. The van der Waals surface area contributed by atoms with Crippen LogP contribution >= 0.6 is 0 Å². The van der Waals surface area contributed by atoms with E-state index in [-0.39, 0.29) is 25.0 Å². The van der Waals surface area contributed by atoms with Crippen molar-refractivity contribution >= 4 is 27.3 Å². The van der Waals surface area contributed by atoms with Gasteiger partial charge in [0.2, 0.25) is 15.9 Å². The van der Waals surface area contributed by atoms with Crippen molar-refractivity contribution in [2.75, 3.05) is 22.4 Å². The molecule has 0 aliphatic carbocycles. The van der Waals surface area contributed by atoms with Crippen molar-refractivity contribution in [3.05, 3.63) is 54.1 Å².